The Bertz CT molecular complexity index is 791. The molecule has 0 saturated heterocycles. The van der Waals surface area contributed by atoms with Gasteiger partial charge in [0.05, 0.1) is 5.52 Å². The Morgan fingerprint density at radius 2 is 1.81 bits per heavy atom. The van der Waals surface area contributed by atoms with Crippen molar-refractivity contribution in [2.75, 3.05) is 12.0 Å². The van der Waals surface area contributed by atoms with Crippen LogP contribution in [0.4, 0.5) is 14.5 Å². The van der Waals surface area contributed by atoms with Crippen LogP contribution in [0.2, 0.25) is 0 Å². The molecule has 5 heteroatoms. The Balaban J connectivity index is 2.07. The summed E-state index contributed by atoms with van der Waals surface area (Å²) in [5, 5.41) is 1.09. The van der Waals surface area contributed by atoms with Crippen molar-refractivity contribution in [2.24, 2.45) is 0 Å². The summed E-state index contributed by atoms with van der Waals surface area (Å²) in [5.41, 5.74) is 8.14. The van der Waals surface area contributed by atoms with Gasteiger partial charge in [-0.3, -0.25) is 0 Å². The fourth-order valence-electron chi connectivity index (χ4n) is 2.49. The van der Waals surface area contributed by atoms with Crippen molar-refractivity contribution in [3.8, 4) is 0 Å². The molecular formula is C16H14F2N2S. The Hall–Kier alpha value is -2.01. The molecule has 3 rings (SSSR count). The molecule has 0 unspecified atom stereocenters. The number of hydrogen-bond donors (Lipinski definition) is 1. The standard InChI is InChI=1S/C16H14F2N2S/c1-21-16-8-13(19)7-15-14(16)2-3-20(15)9-10-4-11(17)6-12(18)5-10/h2-8H,9,19H2,1H3. The zero-order chi connectivity index (χ0) is 15.0. The molecule has 0 amide bonds. The zero-order valence-corrected chi connectivity index (χ0v) is 12.3. The summed E-state index contributed by atoms with van der Waals surface area (Å²) >= 11 is 1.62. The third-order valence-electron chi connectivity index (χ3n) is 3.37. The SMILES string of the molecule is CSc1cc(N)cc2c1ccn2Cc1cc(F)cc(F)c1. The second kappa shape index (κ2) is 5.41. The molecule has 1 heterocycles. The molecule has 2 nitrogen and oxygen atoms in total. The predicted octanol–water partition coefficient (Wildman–Crippen LogP) is 4.27. The summed E-state index contributed by atoms with van der Waals surface area (Å²) in [5.74, 6) is -1.13. The molecule has 0 atom stereocenters. The van der Waals surface area contributed by atoms with E-state index in [1.54, 1.807) is 11.8 Å². The minimum Gasteiger partial charge on any atom is -0.399 e. The van der Waals surface area contributed by atoms with Crippen LogP contribution in [0.15, 0.2) is 47.5 Å². The number of nitrogens with zero attached hydrogens (tertiary/aromatic N) is 1. The van der Waals surface area contributed by atoms with E-state index in [1.807, 2.05) is 35.2 Å². The minimum atomic E-state index is -0.564. The molecule has 0 aliphatic rings. The highest BCUT2D eigenvalue weighted by atomic mass is 32.2. The van der Waals surface area contributed by atoms with Crippen LogP contribution in [0.3, 0.4) is 0 Å². The van der Waals surface area contributed by atoms with Gasteiger partial charge in [0, 0.05) is 34.8 Å². The first kappa shape index (κ1) is 13.9. The molecule has 2 N–H and O–H groups in total. The van der Waals surface area contributed by atoms with Gasteiger partial charge in [0.1, 0.15) is 11.6 Å². The predicted molar refractivity (Wildman–Crippen MR) is 83.6 cm³/mol. The van der Waals surface area contributed by atoms with E-state index < -0.39 is 11.6 Å². The van der Waals surface area contributed by atoms with Gasteiger partial charge in [-0.2, -0.15) is 0 Å². The maximum atomic E-state index is 13.3. The average molecular weight is 304 g/mol. The fourth-order valence-corrected chi connectivity index (χ4v) is 3.13. The molecule has 21 heavy (non-hydrogen) atoms. The average Bonchev–Trinajstić information content (AvgIpc) is 2.80. The van der Waals surface area contributed by atoms with Crippen LogP contribution in [0.25, 0.3) is 10.9 Å². The highest BCUT2D eigenvalue weighted by Crippen LogP contribution is 2.30. The van der Waals surface area contributed by atoms with Gasteiger partial charge in [-0.1, -0.05) is 0 Å². The molecular weight excluding hydrogens is 290 g/mol. The number of benzene rings is 2. The van der Waals surface area contributed by atoms with Crippen molar-refractivity contribution in [1.29, 1.82) is 0 Å². The monoisotopic (exact) mass is 304 g/mol. The van der Waals surface area contributed by atoms with Crippen LogP contribution in [-0.2, 0) is 6.54 Å². The van der Waals surface area contributed by atoms with Gasteiger partial charge in [-0.15, -0.1) is 11.8 Å². The van der Waals surface area contributed by atoms with Gasteiger partial charge in [0.15, 0.2) is 0 Å². The lowest BCUT2D eigenvalue weighted by Crippen LogP contribution is -2.00. The smallest absolute Gasteiger partial charge is 0.126 e. The lowest BCUT2D eigenvalue weighted by molar-refractivity contribution is 0.578. The van der Waals surface area contributed by atoms with E-state index in [0.717, 1.165) is 21.9 Å². The van der Waals surface area contributed by atoms with Crippen molar-refractivity contribution in [2.45, 2.75) is 11.4 Å². The van der Waals surface area contributed by atoms with Gasteiger partial charge >= 0.3 is 0 Å². The molecule has 0 radical (unpaired) electrons. The van der Waals surface area contributed by atoms with Crippen LogP contribution in [0.5, 0.6) is 0 Å². The Labute approximate surface area is 125 Å². The van der Waals surface area contributed by atoms with Gasteiger partial charge in [-0.25, -0.2) is 8.78 Å². The first-order chi connectivity index (χ1) is 10.1. The van der Waals surface area contributed by atoms with Crippen LogP contribution < -0.4 is 5.73 Å². The number of rotatable bonds is 3. The second-order valence-corrected chi connectivity index (χ2v) is 5.73. The molecule has 0 aliphatic heterocycles. The second-order valence-electron chi connectivity index (χ2n) is 4.88. The number of anilines is 1. The highest BCUT2D eigenvalue weighted by molar-refractivity contribution is 7.98. The molecule has 3 aromatic rings. The van der Waals surface area contributed by atoms with Crippen molar-refractivity contribution < 1.29 is 8.78 Å². The third-order valence-corrected chi connectivity index (χ3v) is 4.15. The number of halogens is 2. The third kappa shape index (κ3) is 2.74. The Kier molecular flexibility index (Phi) is 3.59. The lowest BCUT2D eigenvalue weighted by atomic mass is 10.2. The highest BCUT2D eigenvalue weighted by Gasteiger charge is 2.08. The number of fused-ring (bicyclic) bond motifs is 1. The number of nitrogen functional groups attached to an aromatic ring is 1. The normalized spacial score (nSPS) is 11.2. The van der Waals surface area contributed by atoms with E-state index in [9.17, 15) is 8.78 Å². The molecule has 108 valence electrons. The molecule has 0 saturated carbocycles. The largest absolute Gasteiger partial charge is 0.399 e. The van der Waals surface area contributed by atoms with Crippen molar-refractivity contribution >= 4 is 28.4 Å². The maximum Gasteiger partial charge on any atom is 0.126 e. The van der Waals surface area contributed by atoms with E-state index in [4.69, 9.17) is 5.73 Å². The van der Waals surface area contributed by atoms with Crippen LogP contribution in [0.1, 0.15) is 5.56 Å². The van der Waals surface area contributed by atoms with E-state index in [2.05, 4.69) is 0 Å². The van der Waals surface area contributed by atoms with E-state index in [-0.39, 0.29) is 0 Å². The molecule has 0 spiro atoms. The van der Waals surface area contributed by atoms with Crippen LogP contribution >= 0.6 is 11.8 Å². The maximum absolute atomic E-state index is 13.3. The summed E-state index contributed by atoms with van der Waals surface area (Å²) in [6, 6.07) is 9.37. The van der Waals surface area contributed by atoms with Crippen molar-refractivity contribution in [3.05, 3.63) is 59.8 Å². The van der Waals surface area contributed by atoms with E-state index in [1.165, 1.54) is 12.1 Å². The lowest BCUT2D eigenvalue weighted by Gasteiger charge is -2.08. The number of nitrogens with two attached hydrogens (primary N) is 1. The summed E-state index contributed by atoms with van der Waals surface area (Å²) < 4.78 is 28.5. The van der Waals surface area contributed by atoms with Crippen molar-refractivity contribution in [1.82, 2.24) is 4.57 Å². The topological polar surface area (TPSA) is 30.9 Å². The summed E-state index contributed by atoms with van der Waals surface area (Å²) in [6.07, 6.45) is 3.90. The molecule has 0 fully saturated rings. The molecule has 0 bridgehead atoms. The van der Waals surface area contributed by atoms with Crippen LogP contribution in [-0.4, -0.2) is 10.8 Å². The zero-order valence-electron chi connectivity index (χ0n) is 11.4. The summed E-state index contributed by atoms with van der Waals surface area (Å²) in [6.45, 7) is 0.398. The molecule has 2 aromatic carbocycles. The number of hydrogen-bond acceptors (Lipinski definition) is 2. The number of thioether (sulfide) groups is 1. The number of aromatic nitrogens is 1. The minimum absolute atomic E-state index is 0.398. The molecule has 0 aliphatic carbocycles. The quantitative estimate of drug-likeness (QED) is 0.578. The first-order valence-electron chi connectivity index (χ1n) is 6.44. The fraction of sp³-hybridized carbons (Fsp3) is 0.125. The van der Waals surface area contributed by atoms with Gasteiger partial charge in [-0.05, 0) is 42.2 Å². The Morgan fingerprint density at radius 1 is 1.10 bits per heavy atom. The van der Waals surface area contributed by atoms with Crippen molar-refractivity contribution in [3.63, 3.8) is 0 Å². The summed E-state index contributed by atoms with van der Waals surface area (Å²) in [4.78, 5) is 1.09. The van der Waals surface area contributed by atoms with Crippen LogP contribution in [0, 0.1) is 11.6 Å². The first-order valence-corrected chi connectivity index (χ1v) is 7.66. The summed E-state index contributed by atoms with van der Waals surface area (Å²) in [7, 11) is 0. The van der Waals surface area contributed by atoms with Gasteiger partial charge in [0.25, 0.3) is 0 Å². The van der Waals surface area contributed by atoms with Gasteiger partial charge in [0.2, 0.25) is 0 Å². The van der Waals surface area contributed by atoms with Gasteiger partial charge < -0.3 is 10.3 Å². The Morgan fingerprint density at radius 3 is 2.48 bits per heavy atom. The molecule has 1 aromatic heterocycles. The van der Waals surface area contributed by atoms with E-state index >= 15 is 0 Å². The van der Waals surface area contributed by atoms with E-state index in [0.29, 0.717) is 17.8 Å².